The molecule has 0 aliphatic carbocycles. The highest BCUT2D eigenvalue weighted by Gasteiger charge is 2.31. The van der Waals surface area contributed by atoms with Crippen LogP contribution in [-0.2, 0) is 42.7 Å². The third-order valence-electron chi connectivity index (χ3n) is 7.91. The summed E-state index contributed by atoms with van der Waals surface area (Å²) in [6.07, 6.45) is -6.45. The number of carbonyl (C=O) groups excluding carboxylic acids is 1. The standard InChI is InChI=1S/C37H31BF8N2O2/c1-5-26-28(7-3)34(47-30(26)19-13-22-9-15-24(16-10-22)36(39,40)41)32(49)21-33(50-38(45)46)35-29(8-4)27(6-2)31(48-35)20-14-23-11-17-25(18-12-23)37(42,43)44/h9-12,15-18,21,47-48H,5-8H2,1-4H3/b33-21+. The average molecular weight is 698 g/mol. The minimum absolute atomic E-state index is 0.0964. The van der Waals surface area contributed by atoms with Gasteiger partial charge >= 0.3 is 19.8 Å². The SMILES string of the molecule is CCc1c(C#Cc2ccc(C(F)(F)F)cc2)[nH]c(C(=O)/C=C(/OB(F)F)c2[nH]c(C#Cc3ccc(C(F)(F)F)cc3)c(CC)c2CC)c1CC. The summed E-state index contributed by atoms with van der Waals surface area (Å²) in [7, 11) is -3.29. The van der Waals surface area contributed by atoms with E-state index in [-0.39, 0.29) is 11.4 Å². The average Bonchev–Trinajstić information content (AvgIpc) is 3.62. The van der Waals surface area contributed by atoms with E-state index in [4.69, 9.17) is 4.65 Å². The molecule has 13 heteroatoms. The van der Waals surface area contributed by atoms with Crippen molar-refractivity contribution in [1.82, 2.24) is 9.97 Å². The monoisotopic (exact) mass is 698 g/mol. The molecule has 0 bridgehead atoms. The van der Waals surface area contributed by atoms with Crippen molar-refractivity contribution in [3.05, 3.63) is 122 Å². The molecule has 0 atom stereocenters. The molecule has 260 valence electrons. The largest absolute Gasteiger partial charge is 0.796 e. The van der Waals surface area contributed by atoms with E-state index in [0.29, 0.717) is 70.5 Å². The van der Waals surface area contributed by atoms with Gasteiger partial charge in [-0.2, -0.15) is 26.3 Å². The molecule has 0 saturated carbocycles. The molecular formula is C37H31BF8N2O2. The molecule has 4 aromatic rings. The zero-order valence-corrected chi connectivity index (χ0v) is 27.4. The number of hydrogen-bond donors (Lipinski definition) is 2. The fourth-order valence-corrected chi connectivity index (χ4v) is 5.56. The van der Waals surface area contributed by atoms with E-state index in [2.05, 4.69) is 33.6 Å². The van der Waals surface area contributed by atoms with Crippen LogP contribution in [0, 0.1) is 23.7 Å². The number of carbonyl (C=O) groups is 1. The molecule has 2 N–H and O–H groups in total. The molecule has 50 heavy (non-hydrogen) atoms. The molecule has 0 radical (unpaired) electrons. The van der Waals surface area contributed by atoms with E-state index < -0.39 is 42.5 Å². The van der Waals surface area contributed by atoms with Crippen LogP contribution in [-0.4, -0.2) is 23.2 Å². The lowest BCUT2D eigenvalue weighted by Gasteiger charge is -2.10. The Hall–Kier alpha value is -5.17. The van der Waals surface area contributed by atoms with Crippen LogP contribution in [0.15, 0.2) is 54.6 Å². The number of hydrogen-bond acceptors (Lipinski definition) is 2. The van der Waals surface area contributed by atoms with Crippen molar-refractivity contribution in [2.24, 2.45) is 0 Å². The molecule has 0 amide bonds. The number of benzene rings is 2. The summed E-state index contributed by atoms with van der Waals surface area (Å²) >= 11 is 0. The minimum atomic E-state index is -4.50. The van der Waals surface area contributed by atoms with Crippen molar-refractivity contribution >= 4 is 19.0 Å². The summed E-state index contributed by atoms with van der Waals surface area (Å²) < 4.78 is 110. The zero-order chi connectivity index (χ0) is 36.8. The van der Waals surface area contributed by atoms with Gasteiger partial charge in [-0.25, -0.2) is 8.63 Å². The Morgan fingerprint density at radius 1 is 0.640 bits per heavy atom. The highest BCUT2D eigenvalue weighted by molar-refractivity contribution is 6.36. The molecular weight excluding hydrogens is 667 g/mol. The summed E-state index contributed by atoms with van der Waals surface area (Å²) in [5.41, 5.74) is 2.41. The maximum absolute atomic E-state index is 13.8. The van der Waals surface area contributed by atoms with Crippen molar-refractivity contribution in [2.75, 3.05) is 0 Å². The molecule has 4 rings (SSSR count). The van der Waals surface area contributed by atoms with Crippen molar-refractivity contribution < 1.29 is 44.4 Å². The molecule has 2 heterocycles. The van der Waals surface area contributed by atoms with Gasteiger partial charge in [0.1, 0.15) is 5.76 Å². The number of H-pyrrole nitrogens is 2. The quantitative estimate of drug-likeness (QED) is 0.0457. The van der Waals surface area contributed by atoms with Crippen LogP contribution < -0.4 is 0 Å². The van der Waals surface area contributed by atoms with Crippen LogP contribution in [0.4, 0.5) is 35.0 Å². The van der Waals surface area contributed by atoms with Crippen LogP contribution in [0.1, 0.15) is 99.8 Å². The van der Waals surface area contributed by atoms with Crippen LogP contribution in [0.5, 0.6) is 0 Å². The Balaban J connectivity index is 1.75. The van der Waals surface area contributed by atoms with E-state index in [0.717, 1.165) is 30.3 Å². The second-order valence-electron chi connectivity index (χ2n) is 11.0. The predicted octanol–water partition coefficient (Wildman–Crippen LogP) is 9.59. The Morgan fingerprint density at radius 3 is 1.38 bits per heavy atom. The number of allylic oxidation sites excluding steroid dienone is 1. The summed E-state index contributed by atoms with van der Waals surface area (Å²) in [5.74, 6) is 10.3. The lowest BCUT2D eigenvalue weighted by atomic mass is 10.00. The predicted molar refractivity (Wildman–Crippen MR) is 175 cm³/mol. The number of nitrogens with one attached hydrogen (secondary N) is 2. The number of aromatic amines is 2. The fraction of sp³-hybridized carbons (Fsp3) is 0.270. The third-order valence-corrected chi connectivity index (χ3v) is 7.91. The van der Waals surface area contributed by atoms with Crippen molar-refractivity contribution in [3.63, 3.8) is 0 Å². The second-order valence-corrected chi connectivity index (χ2v) is 11.0. The van der Waals surface area contributed by atoms with Gasteiger partial charge in [0.15, 0.2) is 0 Å². The van der Waals surface area contributed by atoms with Crippen LogP contribution in [0.3, 0.4) is 0 Å². The van der Waals surface area contributed by atoms with E-state index in [1.165, 1.54) is 24.3 Å². The van der Waals surface area contributed by atoms with Crippen LogP contribution in [0.2, 0.25) is 0 Å². The Morgan fingerprint density at radius 2 is 1.02 bits per heavy atom. The van der Waals surface area contributed by atoms with E-state index in [9.17, 15) is 39.8 Å². The van der Waals surface area contributed by atoms with Gasteiger partial charge in [0.25, 0.3) is 0 Å². The Labute approximate surface area is 284 Å². The summed E-state index contributed by atoms with van der Waals surface area (Å²) in [4.78, 5) is 19.7. The van der Waals surface area contributed by atoms with Gasteiger partial charge in [0, 0.05) is 17.2 Å². The van der Waals surface area contributed by atoms with Gasteiger partial charge in [0.2, 0.25) is 5.78 Å². The molecule has 0 aliphatic rings. The van der Waals surface area contributed by atoms with E-state index in [1.807, 2.05) is 20.8 Å². The molecule has 0 unspecified atom stereocenters. The van der Waals surface area contributed by atoms with Crippen LogP contribution >= 0.6 is 0 Å². The fourth-order valence-electron chi connectivity index (χ4n) is 5.56. The minimum Gasteiger partial charge on any atom is -0.503 e. The number of aromatic nitrogens is 2. The van der Waals surface area contributed by atoms with Gasteiger partial charge in [0.05, 0.1) is 33.9 Å². The Bertz CT molecular complexity index is 2000. The van der Waals surface area contributed by atoms with Gasteiger partial charge in [-0.3, -0.25) is 4.79 Å². The first-order chi connectivity index (χ1) is 23.6. The van der Waals surface area contributed by atoms with Crippen LogP contribution in [0.25, 0.3) is 5.76 Å². The van der Waals surface area contributed by atoms with Gasteiger partial charge < -0.3 is 14.6 Å². The lowest BCUT2D eigenvalue weighted by Crippen LogP contribution is -2.09. The van der Waals surface area contributed by atoms with Crippen molar-refractivity contribution in [3.8, 4) is 23.7 Å². The molecule has 0 aliphatic heterocycles. The number of rotatable bonds is 9. The Kier molecular flexibility index (Phi) is 11.7. The molecule has 2 aromatic heterocycles. The van der Waals surface area contributed by atoms with Gasteiger partial charge in [-0.15, -0.1) is 0 Å². The van der Waals surface area contributed by atoms with Crippen molar-refractivity contribution in [1.29, 1.82) is 0 Å². The maximum Gasteiger partial charge on any atom is 0.796 e. The first kappa shape index (κ1) is 37.7. The van der Waals surface area contributed by atoms with E-state index in [1.54, 1.807) is 6.92 Å². The molecule has 0 spiro atoms. The molecule has 0 fully saturated rings. The highest BCUT2D eigenvalue weighted by atomic mass is 19.4. The third kappa shape index (κ3) is 8.70. The molecule has 0 saturated heterocycles. The lowest BCUT2D eigenvalue weighted by molar-refractivity contribution is -0.138. The topological polar surface area (TPSA) is 57.9 Å². The molecule has 2 aromatic carbocycles. The number of alkyl halides is 6. The smallest absolute Gasteiger partial charge is 0.503 e. The normalized spacial score (nSPS) is 11.8. The number of halogens is 8. The van der Waals surface area contributed by atoms with Gasteiger partial charge in [-0.05, 0) is 108 Å². The first-order valence-electron chi connectivity index (χ1n) is 15.7. The number of ketones is 1. The van der Waals surface area contributed by atoms with Gasteiger partial charge in [-0.1, -0.05) is 39.5 Å². The summed E-state index contributed by atoms with van der Waals surface area (Å²) in [5, 5.41) is 0. The summed E-state index contributed by atoms with van der Waals surface area (Å²) in [6.45, 7) is 7.26. The highest BCUT2D eigenvalue weighted by Crippen LogP contribution is 2.32. The summed E-state index contributed by atoms with van der Waals surface area (Å²) in [6, 6.07) is 8.58. The maximum atomic E-state index is 13.8. The zero-order valence-electron chi connectivity index (χ0n) is 27.4. The molecule has 4 nitrogen and oxygen atoms in total. The first-order valence-corrected chi connectivity index (χ1v) is 15.7. The van der Waals surface area contributed by atoms with Crippen molar-refractivity contribution in [2.45, 2.75) is 65.7 Å². The second kappa shape index (κ2) is 15.6. The van der Waals surface area contributed by atoms with E-state index >= 15 is 0 Å².